The van der Waals surface area contributed by atoms with Gasteiger partial charge >= 0.3 is 5.88 Å². The maximum atomic E-state index is 12.9. The van der Waals surface area contributed by atoms with E-state index in [1.54, 1.807) is 0 Å². The normalized spacial score (nSPS) is 11.2. The van der Waals surface area contributed by atoms with Crippen LogP contribution in [0, 0.1) is 17.0 Å². The highest BCUT2D eigenvalue weighted by Gasteiger charge is 2.26. The van der Waals surface area contributed by atoms with Gasteiger partial charge in [0.1, 0.15) is 4.92 Å². The van der Waals surface area contributed by atoms with Crippen molar-refractivity contribution in [1.82, 2.24) is 4.98 Å². The molecular weight excluding hydrogens is 356 g/mol. The fraction of sp³-hybridized carbons (Fsp3) is 0.294. The van der Waals surface area contributed by atoms with E-state index >= 15 is 0 Å². The second kappa shape index (κ2) is 7.22. The lowest BCUT2D eigenvalue weighted by atomic mass is 10.2. The van der Waals surface area contributed by atoms with Crippen LogP contribution < -0.4 is 9.80 Å². The number of aromatic nitrogens is 1. The van der Waals surface area contributed by atoms with Crippen LogP contribution in [0.15, 0.2) is 34.7 Å². The molecule has 0 fully saturated rings. The SMILES string of the molecule is Cc1cccc2sc(N(CC[NH+](C)C)C(=O)c3ccc([N+](=O)[O-])o3)nc12. The zero-order chi connectivity index (χ0) is 18.8. The van der Waals surface area contributed by atoms with Crippen LogP contribution in [0.4, 0.5) is 11.0 Å². The number of fused-ring (bicyclic) bond motifs is 1. The van der Waals surface area contributed by atoms with E-state index in [-0.39, 0.29) is 5.76 Å². The molecule has 136 valence electrons. The fourth-order valence-electron chi connectivity index (χ4n) is 2.48. The van der Waals surface area contributed by atoms with Gasteiger partial charge in [-0.25, -0.2) is 4.98 Å². The molecule has 0 bridgehead atoms. The minimum Gasteiger partial charge on any atom is -0.395 e. The number of anilines is 1. The molecule has 1 aromatic carbocycles. The van der Waals surface area contributed by atoms with Crippen LogP contribution in [0.3, 0.4) is 0 Å². The van der Waals surface area contributed by atoms with Crippen molar-refractivity contribution in [3.8, 4) is 0 Å². The quantitative estimate of drug-likeness (QED) is 0.525. The predicted octanol–water partition coefficient (Wildman–Crippen LogP) is 1.90. The number of carbonyl (C=O) groups excluding carboxylic acids is 1. The van der Waals surface area contributed by atoms with Gasteiger partial charge in [-0.1, -0.05) is 23.5 Å². The van der Waals surface area contributed by atoms with Crippen LogP contribution >= 0.6 is 11.3 Å². The standard InChI is InChI=1S/C17H18N4O4S/c1-11-5-4-6-13-15(11)18-17(26-13)20(10-9-19(2)3)16(22)12-7-8-14(25-12)21(23)24/h4-8H,9-10H2,1-3H3/p+1. The molecule has 0 spiro atoms. The molecule has 0 radical (unpaired) electrons. The number of hydrogen-bond acceptors (Lipinski definition) is 6. The number of thiazole rings is 1. The molecule has 0 unspecified atom stereocenters. The molecule has 2 aromatic heterocycles. The molecule has 3 aromatic rings. The Labute approximate surface area is 153 Å². The van der Waals surface area contributed by atoms with Crippen molar-refractivity contribution in [3.63, 3.8) is 0 Å². The van der Waals surface area contributed by atoms with Gasteiger partial charge in [0.2, 0.25) is 0 Å². The van der Waals surface area contributed by atoms with Crippen LogP contribution in [0.5, 0.6) is 0 Å². The molecule has 0 aliphatic rings. The number of para-hydroxylation sites is 1. The third-order valence-corrected chi connectivity index (χ3v) is 4.95. The molecule has 1 amide bonds. The van der Waals surface area contributed by atoms with Crippen molar-refractivity contribution in [2.24, 2.45) is 0 Å². The number of benzene rings is 1. The average Bonchev–Trinajstić information content (AvgIpc) is 3.22. The molecule has 9 heteroatoms. The summed E-state index contributed by atoms with van der Waals surface area (Å²) < 4.78 is 6.08. The number of amides is 1. The Kier molecular flexibility index (Phi) is 5.01. The van der Waals surface area contributed by atoms with E-state index in [1.165, 1.54) is 33.3 Å². The van der Waals surface area contributed by atoms with E-state index in [2.05, 4.69) is 4.98 Å². The Morgan fingerprint density at radius 3 is 2.73 bits per heavy atom. The van der Waals surface area contributed by atoms with E-state index in [1.807, 2.05) is 39.2 Å². The maximum absolute atomic E-state index is 12.9. The largest absolute Gasteiger partial charge is 0.433 e. The third kappa shape index (κ3) is 3.58. The molecule has 0 aliphatic carbocycles. The first-order valence-corrected chi connectivity index (χ1v) is 8.89. The summed E-state index contributed by atoms with van der Waals surface area (Å²) in [7, 11) is 3.98. The lowest BCUT2D eigenvalue weighted by Gasteiger charge is -2.19. The third-order valence-electron chi connectivity index (χ3n) is 3.90. The summed E-state index contributed by atoms with van der Waals surface area (Å²) in [5.41, 5.74) is 1.89. The molecule has 0 aliphatic heterocycles. The zero-order valence-corrected chi connectivity index (χ0v) is 15.5. The van der Waals surface area contributed by atoms with Crippen LogP contribution in [-0.2, 0) is 0 Å². The number of furan rings is 1. The number of nitrogens with one attached hydrogen (secondary N) is 1. The summed E-state index contributed by atoms with van der Waals surface area (Å²) in [6.07, 6.45) is 0. The zero-order valence-electron chi connectivity index (χ0n) is 14.7. The van der Waals surface area contributed by atoms with Gasteiger partial charge in [-0.05, 0) is 24.6 Å². The van der Waals surface area contributed by atoms with E-state index in [4.69, 9.17) is 4.42 Å². The molecule has 26 heavy (non-hydrogen) atoms. The van der Waals surface area contributed by atoms with Crippen LogP contribution in [0.25, 0.3) is 10.2 Å². The highest BCUT2D eigenvalue weighted by Crippen LogP contribution is 2.31. The summed E-state index contributed by atoms with van der Waals surface area (Å²) in [5.74, 6) is -0.954. The second-order valence-corrected chi connectivity index (χ2v) is 7.24. The van der Waals surface area contributed by atoms with Crippen molar-refractivity contribution in [2.45, 2.75) is 6.92 Å². The Morgan fingerprint density at radius 1 is 1.35 bits per heavy atom. The lowest BCUT2D eigenvalue weighted by Crippen LogP contribution is -3.06. The van der Waals surface area contributed by atoms with Gasteiger partial charge in [0.15, 0.2) is 10.9 Å². The van der Waals surface area contributed by atoms with Crippen molar-refractivity contribution in [1.29, 1.82) is 0 Å². The summed E-state index contributed by atoms with van der Waals surface area (Å²) in [5, 5.41) is 11.4. The first-order valence-electron chi connectivity index (χ1n) is 8.08. The lowest BCUT2D eigenvalue weighted by molar-refractivity contribution is -0.856. The Hall–Kier alpha value is -2.78. The van der Waals surface area contributed by atoms with Crippen LogP contribution in [0.1, 0.15) is 16.1 Å². The van der Waals surface area contributed by atoms with Gasteiger partial charge in [-0.3, -0.25) is 19.8 Å². The monoisotopic (exact) mass is 375 g/mol. The number of quaternary nitrogens is 1. The van der Waals surface area contributed by atoms with Gasteiger partial charge in [0.25, 0.3) is 5.91 Å². The molecule has 3 rings (SSSR count). The van der Waals surface area contributed by atoms with Crippen LogP contribution in [-0.4, -0.2) is 43.0 Å². The highest BCUT2D eigenvalue weighted by atomic mass is 32.1. The number of aryl methyl sites for hydroxylation is 1. The number of nitrogens with zero attached hydrogens (tertiary/aromatic N) is 3. The van der Waals surface area contributed by atoms with Crippen molar-refractivity contribution < 1.29 is 19.0 Å². The van der Waals surface area contributed by atoms with E-state index in [0.29, 0.717) is 18.2 Å². The number of likely N-dealkylation sites (N-methyl/N-ethyl adjacent to an activating group) is 1. The summed E-state index contributed by atoms with van der Waals surface area (Å²) in [6, 6.07) is 8.39. The summed E-state index contributed by atoms with van der Waals surface area (Å²) in [6.45, 7) is 3.09. The molecule has 0 saturated heterocycles. The first kappa shape index (κ1) is 18.0. The molecule has 2 heterocycles. The fourth-order valence-corrected chi connectivity index (χ4v) is 3.55. The van der Waals surface area contributed by atoms with Gasteiger partial charge < -0.3 is 9.32 Å². The molecule has 0 saturated carbocycles. The molecular formula is C17H19N4O4S+. The number of carbonyl (C=O) groups is 1. The van der Waals surface area contributed by atoms with Crippen molar-refractivity contribution in [3.05, 3.63) is 51.8 Å². The summed E-state index contributed by atoms with van der Waals surface area (Å²) >= 11 is 1.42. The minimum absolute atomic E-state index is 0.0681. The van der Waals surface area contributed by atoms with Crippen molar-refractivity contribution >= 4 is 38.5 Å². The Bertz CT molecular complexity index is 963. The maximum Gasteiger partial charge on any atom is 0.433 e. The second-order valence-electron chi connectivity index (χ2n) is 6.23. The van der Waals surface area contributed by atoms with Gasteiger partial charge in [-0.2, -0.15) is 0 Å². The predicted molar refractivity (Wildman–Crippen MR) is 99.1 cm³/mol. The highest BCUT2D eigenvalue weighted by molar-refractivity contribution is 7.22. The van der Waals surface area contributed by atoms with Gasteiger partial charge in [0, 0.05) is 0 Å². The number of nitro groups is 1. The Balaban J connectivity index is 1.98. The van der Waals surface area contributed by atoms with E-state index in [0.717, 1.165) is 15.8 Å². The van der Waals surface area contributed by atoms with E-state index in [9.17, 15) is 14.9 Å². The molecule has 8 nitrogen and oxygen atoms in total. The average molecular weight is 375 g/mol. The molecule has 0 atom stereocenters. The Morgan fingerprint density at radius 2 is 2.12 bits per heavy atom. The topological polar surface area (TPSA) is 93.9 Å². The van der Waals surface area contributed by atoms with Crippen LogP contribution in [0.2, 0.25) is 0 Å². The minimum atomic E-state index is -0.661. The van der Waals surface area contributed by atoms with Crippen molar-refractivity contribution in [2.75, 3.05) is 32.1 Å². The summed E-state index contributed by atoms with van der Waals surface area (Å²) in [4.78, 5) is 30.4. The molecule has 1 N–H and O–H groups in total. The number of rotatable bonds is 6. The van der Waals surface area contributed by atoms with E-state index < -0.39 is 16.7 Å². The van der Waals surface area contributed by atoms with Gasteiger partial charge in [0.05, 0.1) is 43.5 Å². The van der Waals surface area contributed by atoms with Gasteiger partial charge in [-0.15, -0.1) is 0 Å². The first-order chi connectivity index (χ1) is 12.4. The number of hydrogen-bond donors (Lipinski definition) is 1. The smallest absolute Gasteiger partial charge is 0.395 e.